The van der Waals surface area contributed by atoms with E-state index in [9.17, 15) is 9.59 Å². The first-order chi connectivity index (χ1) is 9.07. The highest BCUT2D eigenvalue weighted by Gasteiger charge is 2.47. The first-order valence-electron chi connectivity index (χ1n) is 6.34. The third-order valence-electron chi connectivity index (χ3n) is 4.12. The summed E-state index contributed by atoms with van der Waals surface area (Å²) in [4.78, 5) is 22.2. The topological polar surface area (TPSA) is 107 Å². The van der Waals surface area contributed by atoms with Crippen molar-refractivity contribution in [2.24, 2.45) is 28.8 Å². The average molecular weight is 265 g/mol. The van der Waals surface area contributed by atoms with E-state index in [1.165, 1.54) is 0 Å². The Morgan fingerprint density at radius 2 is 2.11 bits per heavy atom. The minimum Gasteiger partial charge on any atom is -0.449 e. The highest BCUT2D eigenvalue weighted by Crippen LogP contribution is 2.49. The van der Waals surface area contributed by atoms with Crippen molar-refractivity contribution >= 4 is 12.0 Å². The van der Waals surface area contributed by atoms with Gasteiger partial charge in [0, 0.05) is 11.3 Å². The van der Waals surface area contributed by atoms with Gasteiger partial charge in [-0.3, -0.25) is 10.2 Å². The Bertz CT molecular complexity index is 427. The molecule has 0 aliphatic heterocycles. The standard InChI is InChI=1S/C13H19N3O3/c14-12(18)19-8-13(4-2-1-3-5-13)10-6-9(7-10)11(17)16-15/h1-4,9-10H,5-8,15H2,(H2,14,18)(H,16,17). The molecule has 5 N–H and O–H groups in total. The Labute approximate surface area is 111 Å². The molecule has 2 rings (SSSR count). The maximum atomic E-state index is 11.4. The molecule has 2 aliphatic rings. The largest absolute Gasteiger partial charge is 0.449 e. The zero-order valence-corrected chi connectivity index (χ0v) is 10.7. The fourth-order valence-corrected chi connectivity index (χ4v) is 2.83. The van der Waals surface area contributed by atoms with Crippen molar-refractivity contribution < 1.29 is 14.3 Å². The molecule has 0 bridgehead atoms. The van der Waals surface area contributed by atoms with Crippen LogP contribution in [0.25, 0.3) is 0 Å². The molecular formula is C13H19N3O3. The molecule has 0 aromatic rings. The van der Waals surface area contributed by atoms with E-state index in [0.29, 0.717) is 5.92 Å². The average Bonchev–Trinajstić information content (AvgIpc) is 2.35. The zero-order chi connectivity index (χ0) is 13.9. The highest BCUT2D eigenvalue weighted by atomic mass is 16.5. The SMILES string of the molecule is NNC(=O)C1CC(C2(COC(N)=O)C=CC=CC2)C1. The lowest BCUT2D eigenvalue weighted by Gasteiger charge is -2.46. The lowest BCUT2D eigenvalue weighted by molar-refractivity contribution is -0.131. The predicted octanol–water partition coefficient (Wildman–Crippen LogP) is 0.600. The fraction of sp³-hybridized carbons (Fsp3) is 0.538. The van der Waals surface area contributed by atoms with Crippen molar-refractivity contribution in [3.05, 3.63) is 24.3 Å². The number of carbonyl (C=O) groups excluding carboxylic acids is 2. The third-order valence-corrected chi connectivity index (χ3v) is 4.12. The smallest absolute Gasteiger partial charge is 0.404 e. The van der Waals surface area contributed by atoms with Crippen molar-refractivity contribution in [1.82, 2.24) is 5.43 Å². The number of hydrazine groups is 1. The van der Waals surface area contributed by atoms with Gasteiger partial charge < -0.3 is 10.5 Å². The van der Waals surface area contributed by atoms with Crippen LogP contribution in [0.3, 0.4) is 0 Å². The van der Waals surface area contributed by atoms with Crippen LogP contribution in [0.4, 0.5) is 4.79 Å². The van der Waals surface area contributed by atoms with Crippen LogP contribution in [0.15, 0.2) is 24.3 Å². The van der Waals surface area contributed by atoms with Crippen LogP contribution in [0, 0.1) is 17.3 Å². The Kier molecular flexibility index (Phi) is 3.90. The van der Waals surface area contributed by atoms with E-state index >= 15 is 0 Å². The van der Waals surface area contributed by atoms with Gasteiger partial charge in [-0.05, 0) is 25.2 Å². The maximum absolute atomic E-state index is 11.4. The summed E-state index contributed by atoms with van der Waals surface area (Å²) in [5.41, 5.74) is 6.98. The number of amides is 2. The van der Waals surface area contributed by atoms with E-state index in [4.69, 9.17) is 16.3 Å². The molecule has 1 unspecified atom stereocenters. The van der Waals surface area contributed by atoms with Crippen molar-refractivity contribution in [3.63, 3.8) is 0 Å². The summed E-state index contributed by atoms with van der Waals surface area (Å²) in [6.07, 6.45) is 9.54. The number of ether oxygens (including phenoxy) is 1. The number of nitrogens with two attached hydrogens (primary N) is 2. The monoisotopic (exact) mass is 265 g/mol. The third kappa shape index (κ3) is 2.78. The maximum Gasteiger partial charge on any atom is 0.404 e. The van der Waals surface area contributed by atoms with Gasteiger partial charge in [0.2, 0.25) is 5.91 Å². The molecule has 19 heavy (non-hydrogen) atoms. The molecule has 0 aromatic heterocycles. The Morgan fingerprint density at radius 1 is 1.37 bits per heavy atom. The van der Waals surface area contributed by atoms with Crippen LogP contribution in [-0.2, 0) is 9.53 Å². The molecule has 1 fully saturated rings. The number of rotatable bonds is 4. The molecule has 0 aromatic carbocycles. The molecule has 6 heteroatoms. The molecule has 2 aliphatic carbocycles. The second-order valence-electron chi connectivity index (χ2n) is 5.21. The van der Waals surface area contributed by atoms with Gasteiger partial charge in [0.05, 0.1) is 0 Å². The minimum atomic E-state index is -0.766. The van der Waals surface area contributed by atoms with Crippen molar-refractivity contribution in [2.75, 3.05) is 6.61 Å². The number of nitrogens with one attached hydrogen (secondary N) is 1. The summed E-state index contributed by atoms with van der Waals surface area (Å²) in [6.45, 7) is 0.255. The zero-order valence-electron chi connectivity index (χ0n) is 10.7. The van der Waals surface area contributed by atoms with Gasteiger partial charge in [-0.15, -0.1) is 0 Å². The molecule has 104 valence electrons. The van der Waals surface area contributed by atoms with Crippen molar-refractivity contribution in [3.8, 4) is 0 Å². The van der Waals surface area contributed by atoms with E-state index in [1.54, 1.807) is 0 Å². The van der Waals surface area contributed by atoms with Crippen LogP contribution in [0.2, 0.25) is 0 Å². The van der Waals surface area contributed by atoms with Crippen LogP contribution >= 0.6 is 0 Å². The lowest BCUT2D eigenvalue weighted by Crippen LogP contribution is -2.48. The Morgan fingerprint density at radius 3 is 2.63 bits per heavy atom. The van der Waals surface area contributed by atoms with Gasteiger partial charge in [0.25, 0.3) is 0 Å². The van der Waals surface area contributed by atoms with E-state index in [0.717, 1.165) is 19.3 Å². The molecule has 0 saturated heterocycles. The quantitative estimate of drug-likeness (QED) is 0.393. The normalized spacial score (nSPS) is 32.5. The number of carbonyl (C=O) groups is 2. The molecule has 0 spiro atoms. The summed E-state index contributed by atoms with van der Waals surface area (Å²) >= 11 is 0. The summed E-state index contributed by atoms with van der Waals surface area (Å²) < 4.78 is 4.99. The van der Waals surface area contributed by atoms with Crippen LogP contribution in [0.5, 0.6) is 0 Å². The summed E-state index contributed by atoms with van der Waals surface area (Å²) in [6, 6.07) is 0. The molecule has 2 amide bonds. The van der Waals surface area contributed by atoms with Crippen molar-refractivity contribution in [2.45, 2.75) is 19.3 Å². The number of primary amides is 1. The summed E-state index contributed by atoms with van der Waals surface area (Å²) in [5.74, 6) is 5.26. The van der Waals surface area contributed by atoms with E-state index < -0.39 is 6.09 Å². The molecule has 0 heterocycles. The first kappa shape index (κ1) is 13.6. The molecule has 1 saturated carbocycles. The lowest BCUT2D eigenvalue weighted by atomic mass is 9.58. The van der Waals surface area contributed by atoms with E-state index in [1.807, 2.05) is 18.2 Å². The van der Waals surface area contributed by atoms with Gasteiger partial charge >= 0.3 is 6.09 Å². The van der Waals surface area contributed by atoms with Gasteiger partial charge in [0.15, 0.2) is 0 Å². The molecule has 1 atom stereocenters. The van der Waals surface area contributed by atoms with Gasteiger partial charge in [-0.25, -0.2) is 10.6 Å². The van der Waals surface area contributed by atoms with Gasteiger partial charge in [-0.2, -0.15) is 0 Å². The Hall–Kier alpha value is -1.82. The highest BCUT2D eigenvalue weighted by molar-refractivity contribution is 5.78. The molecule has 0 radical (unpaired) electrons. The van der Waals surface area contributed by atoms with Crippen LogP contribution < -0.4 is 17.0 Å². The Balaban J connectivity index is 2.00. The van der Waals surface area contributed by atoms with Gasteiger partial charge in [-0.1, -0.05) is 24.3 Å². The summed E-state index contributed by atoms with van der Waals surface area (Å²) in [5, 5.41) is 0. The van der Waals surface area contributed by atoms with Crippen LogP contribution in [0.1, 0.15) is 19.3 Å². The van der Waals surface area contributed by atoms with E-state index in [-0.39, 0.29) is 23.8 Å². The number of hydrogen-bond donors (Lipinski definition) is 3. The number of hydrogen-bond acceptors (Lipinski definition) is 4. The second kappa shape index (κ2) is 5.44. The second-order valence-corrected chi connectivity index (χ2v) is 5.21. The molecular weight excluding hydrogens is 246 g/mol. The van der Waals surface area contributed by atoms with Gasteiger partial charge in [0.1, 0.15) is 6.61 Å². The minimum absolute atomic E-state index is 0.0419. The predicted molar refractivity (Wildman–Crippen MR) is 69.4 cm³/mol. The first-order valence-corrected chi connectivity index (χ1v) is 6.34. The van der Waals surface area contributed by atoms with E-state index in [2.05, 4.69) is 11.5 Å². The van der Waals surface area contributed by atoms with Crippen LogP contribution in [-0.4, -0.2) is 18.6 Å². The number of allylic oxidation sites excluding steroid dienone is 3. The fourth-order valence-electron chi connectivity index (χ4n) is 2.83. The van der Waals surface area contributed by atoms with Crippen molar-refractivity contribution in [1.29, 1.82) is 0 Å². The summed E-state index contributed by atoms with van der Waals surface area (Å²) in [7, 11) is 0. The molecule has 6 nitrogen and oxygen atoms in total.